The molecule has 1 saturated heterocycles. The molecule has 174 valence electrons. The summed E-state index contributed by atoms with van der Waals surface area (Å²) in [7, 11) is 0. The number of hydrogen-bond donors (Lipinski definition) is 2. The first-order valence-corrected chi connectivity index (χ1v) is 11.9. The lowest BCUT2D eigenvalue weighted by Gasteiger charge is -2.37. The zero-order valence-corrected chi connectivity index (χ0v) is 19.3. The minimum atomic E-state index is -0.364. The third kappa shape index (κ3) is 4.90. The van der Waals surface area contributed by atoms with Crippen LogP contribution in [0.1, 0.15) is 54.4 Å². The number of aliphatic hydroxyl groups is 1. The van der Waals surface area contributed by atoms with E-state index < -0.39 is 0 Å². The highest BCUT2D eigenvalue weighted by Gasteiger charge is 2.40. The molecular formula is C25H36N4O3. The molecule has 0 unspecified atom stereocenters. The highest BCUT2D eigenvalue weighted by Crippen LogP contribution is 2.39. The summed E-state index contributed by atoms with van der Waals surface area (Å²) in [6, 6.07) is 12.4. The fourth-order valence-corrected chi connectivity index (χ4v) is 5.33. The number of aliphatic hydroxyl groups excluding tert-OH is 1. The number of aryl methyl sites for hydroxylation is 2. The highest BCUT2D eigenvalue weighted by molar-refractivity contribution is 5.92. The third-order valence-electron chi connectivity index (χ3n) is 7.28. The molecule has 2 fully saturated rings. The predicted molar refractivity (Wildman–Crippen MR) is 124 cm³/mol. The highest BCUT2D eigenvalue weighted by atomic mass is 16.5. The molecule has 0 radical (unpaired) electrons. The number of carbonyl (C=O) groups excluding carboxylic acids is 1. The summed E-state index contributed by atoms with van der Waals surface area (Å²) < 4.78 is 7.36. The number of nitrogens with one attached hydrogen (secondary N) is 1. The van der Waals surface area contributed by atoms with Gasteiger partial charge in [0.2, 0.25) is 0 Å². The van der Waals surface area contributed by atoms with Crippen LogP contribution < -0.4 is 5.32 Å². The van der Waals surface area contributed by atoms with E-state index in [-0.39, 0.29) is 23.5 Å². The molecule has 1 aliphatic heterocycles. The maximum Gasteiger partial charge on any atom is 0.271 e. The molecule has 1 aromatic heterocycles. The molecular weight excluding hydrogens is 404 g/mol. The standard InChI is InChI=1S/C25H36N4O3/c1-3-29-19(2)17-21(27-29)24(31)26-18-25(20-7-5-4-6-8-20)11-9-22(23(30)10-12-25)28-13-15-32-16-14-28/h4-8,17,22-23,30H,3,9-16,18H2,1-2H3,(H,26,31)/t22-,23-,25-/m1/s1. The Labute approximate surface area is 190 Å². The first kappa shape index (κ1) is 23.0. The zero-order chi connectivity index (χ0) is 22.6. The van der Waals surface area contributed by atoms with E-state index in [1.807, 2.05) is 30.7 Å². The van der Waals surface area contributed by atoms with Gasteiger partial charge in [-0.1, -0.05) is 30.3 Å². The first-order valence-electron chi connectivity index (χ1n) is 11.9. The fourth-order valence-electron chi connectivity index (χ4n) is 5.33. The number of benzene rings is 1. The van der Waals surface area contributed by atoms with E-state index in [4.69, 9.17) is 4.74 Å². The molecule has 3 atom stereocenters. The van der Waals surface area contributed by atoms with Crippen molar-refractivity contribution in [1.82, 2.24) is 20.0 Å². The number of ether oxygens (including phenoxy) is 1. The Hall–Kier alpha value is -2.22. The third-order valence-corrected chi connectivity index (χ3v) is 7.28. The van der Waals surface area contributed by atoms with Crippen molar-refractivity contribution in [2.45, 2.75) is 63.6 Å². The van der Waals surface area contributed by atoms with Crippen LogP contribution in [-0.4, -0.2) is 70.7 Å². The Balaban J connectivity index is 1.53. The zero-order valence-electron chi connectivity index (χ0n) is 19.3. The SMILES string of the molecule is CCn1nc(C(=O)NC[C@]2(c3ccccc3)CC[C@@H](O)[C@H](N3CCOCC3)CC2)cc1C. The minimum absolute atomic E-state index is 0.134. The molecule has 7 nitrogen and oxygen atoms in total. The summed E-state index contributed by atoms with van der Waals surface area (Å²) in [5.41, 5.74) is 2.47. The van der Waals surface area contributed by atoms with Gasteiger partial charge >= 0.3 is 0 Å². The lowest BCUT2D eigenvalue weighted by molar-refractivity contribution is -0.0236. The fraction of sp³-hybridized carbons (Fsp3) is 0.600. The topological polar surface area (TPSA) is 79.6 Å². The Morgan fingerprint density at radius 3 is 2.62 bits per heavy atom. The van der Waals surface area contributed by atoms with Gasteiger partial charge in [0.15, 0.2) is 0 Å². The molecule has 4 rings (SSSR count). The van der Waals surface area contributed by atoms with Crippen molar-refractivity contribution in [3.63, 3.8) is 0 Å². The second kappa shape index (κ2) is 10.1. The van der Waals surface area contributed by atoms with Gasteiger partial charge in [0.25, 0.3) is 5.91 Å². The molecule has 2 aromatic rings. The van der Waals surface area contributed by atoms with Gasteiger partial charge in [-0.2, -0.15) is 5.10 Å². The number of nitrogens with zero attached hydrogens (tertiary/aromatic N) is 3. The van der Waals surface area contributed by atoms with E-state index in [0.29, 0.717) is 12.2 Å². The molecule has 1 amide bonds. The van der Waals surface area contributed by atoms with Crippen molar-refractivity contribution in [2.24, 2.45) is 0 Å². The Bertz CT molecular complexity index is 894. The van der Waals surface area contributed by atoms with Gasteiger partial charge in [-0.15, -0.1) is 0 Å². The Kier molecular flexibility index (Phi) is 7.28. The van der Waals surface area contributed by atoms with E-state index in [1.165, 1.54) is 5.56 Å². The maximum atomic E-state index is 12.9. The van der Waals surface area contributed by atoms with Crippen LogP contribution in [0.3, 0.4) is 0 Å². The molecule has 2 aliphatic rings. The molecule has 7 heteroatoms. The normalized spacial score (nSPS) is 27.1. The number of morpholine rings is 1. The quantitative estimate of drug-likeness (QED) is 0.675. The van der Waals surface area contributed by atoms with Crippen LogP contribution in [0.15, 0.2) is 36.4 Å². The van der Waals surface area contributed by atoms with E-state index in [1.54, 1.807) is 0 Å². The van der Waals surface area contributed by atoms with E-state index in [9.17, 15) is 9.90 Å². The number of amides is 1. The molecule has 1 aliphatic carbocycles. The first-order chi connectivity index (χ1) is 15.5. The van der Waals surface area contributed by atoms with Crippen molar-refractivity contribution >= 4 is 5.91 Å². The number of carbonyl (C=O) groups is 1. The second-order valence-corrected chi connectivity index (χ2v) is 9.18. The summed E-state index contributed by atoms with van der Waals surface area (Å²) in [5.74, 6) is -0.134. The van der Waals surface area contributed by atoms with Gasteiger partial charge in [0.1, 0.15) is 5.69 Å². The summed E-state index contributed by atoms with van der Waals surface area (Å²) in [6.07, 6.45) is 3.00. The van der Waals surface area contributed by atoms with Crippen molar-refractivity contribution in [2.75, 3.05) is 32.8 Å². The van der Waals surface area contributed by atoms with Crippen LogP contribution in [0, 0.1) is 6.92 Å². The summed E-state index contributed by atoms with van der Waals surface area (Å²) in [4.78, 5) is 15.3. The Morgan fingerprint density at radius 2 is 1.94 bits per heavy atom. The smallest absolute Gasteiger partial charge is 0.271 e. The number of rotatable bonds is 6. The van der Waals surface area contributed by atoms with Crippen molar-refractivity contribution in [3.8, 4) is 0 Å². The van der Waals surface area contributed by atoms with Crippen LogP contribution >= 0.6 is 0 Å². The molecule has 32 heavy (non-hydrogen) atoms. The van der Waals surface area contributed by atoms with Gasteiger partial charge in [-0.25, -0.2) is 0 Å². The average Bonchev–Trinajstić information content (AvgIpc) is 3.13. The summed E-state index contributed by atoms with van der Waals surface area (Å²) >= 11 is 0. The van der Waals surface area contributed by atoms with Gasteiger partial charge < -0.3 is 15.2 Å². The number of aromatic nitrogens is 2. The second-order valence-electron chi connectivity index (χ2n) is 9.18. The van der Waals surface area contributed by atoms with Crippen molar-refractivity contribution < 1.29 is 14.6 Å². The molecule has 1 aromatic carbocycles. The van der Waals surface area contributed by atoms with Crippen molar-refractivity contribution in [3.05, 3.63) is 53.3 Å². The van der Waals surface area contributed by atoms with E-state index in [0.717, 1.165) is 64.2 Å². The maximum absolute atomic E-state index is 12.9. The van der Waals surface area contributed by atoms with Crippen LogP contribution in [0.2, 0.25) is 0 Å². The lowest BCUT2D eigenvalue weighted by Crippen LogP contribution is -2.48. The van der Waals surface area contributed by atoms with Crippen LogP contribution in [0.5, 0.6) is 0 Å². The average molecular weight is 441 g/mol. The van der Waals surface area contributed by atoms with Crippen molar-refractivity contribution in [1.29, 1.82) is 0 Å². The molecule has 2 heterocycles. The van der Waals surface area contributed by atoms with Gasteiger partial charge in [0, 0.05) is 43.3 Å². The van der Waals surface area contributed by atoms with Crippen LogP contribution in [0.25, 0.3) is 0 Å². The molecule has 2 N–H and O–H groups in total. The van der Waals surface area contributed by atoms with E-state index in [2.05, 4.69) is 39.6 Å². The molecule has 0 bridgehead atoms. The summed E-state index contributed by atoms with van der Waals surface area (Å²) in [6.45, 7) is 8.47. The largest absolute Gasteiger partial charge is 0.391 e. The van der Waals surface area contributed by atoms with Gasteiger partial charge in [-0.05, 0) is 51.2 Å². The number of hydrogen-bond acceptors (Lipinski definition) is 5. The Morgan fingerprint density at radius 1 is 1.22 bits per heavy atom. The van der Waals surface area contributed by atoms with Gasteiger partial charge in [0.05, 0.1) is 19.3 Å². The lowest BCUT2D eigenvalue weighted by atomic mass is 9.74. The van der Waals surface area contributed by atoms with Crippen LogP contribution in [0.4, 0.5) is 0 Å². The molecule has 1 saturated carbocycles. The monoisotopic (exact) mass is 440 g/mol. The predicted octanol–water partition coefficient (Wildman–Crippen LogP) is 2.51. The van der Waals surface area contributed by atoms with Crippen LogP contribution in [-0.2, 0) is 16.7 Å². The minimum Gasteiger partial charge on any atom is -0.391 e. The molecule has 0 spiro atoms. The van der Waals surface area contributed by atoms with Gasteiger partial charge in [-0.3, -0.25) is 14.4 Å². The van der Waals surface area contributed by atoms with E-state index >= 15 is 0 Å². The summed E-state index contributed by atoms with van der Waals surface area (Å²) in [5, 5.41) is 18.6.